The van der Waals surface area contributed by atoms with Crippen molar-refractivity contribution in [3.8, 4) is 0 Å². The predicted molar refractivity (Wildman–Crippen MR) is 111 cm³/mol. The number of hydrogen-bond acceptors (Lipinski definition) is 1. The second-order valence-corrected chi connectivity index (χ2v) is 7.86. The van der Waals surface area contributed by atoms with E-state index in [1.165, 1.54) is 96.3 Å². The van der Waals surface area contributed by atoms with E-state index in [1.54, 1.807) is 0 Å². The Kier molecular flexibility index (Phi) is 19.0. The Morgan fingerprint density at radius 3 is 1.36 bits per heavy atom. The van der Waals surface area contributed by atoms with Gasteiger partial charge in [-0.15, -0.1) is 0 Å². The number of carbonyl (C=O) groups is 1. The molecular weight excluding hydrogens is 308 g/mol. The van der Waals surface area contributed by atoms with Crippen molar-refractivity contribution in [2.24, 2.45) is 0 Å². The van der Waals surface area contributed by atoms with Gasteiger partial charge in [-0.05, 0) is 20.3 Å². The number of hydrogen-bond donors (Lipinski definition) is 2. The number of rotatable bonds is 18. The van der Waals surface area contributed by atoms with Crippen molar-refractivity contribution >= 4 is 6.03 Å². The van der Waals surface area contributed by atoms with E-state index in [0.29, 0.717) is 0 Å². The lowest BCUT2D eigenvalue weighted by Crippen LogP contribution is -2.39. The molecule has 3 heteroatoms. The van der Waals surface area contributed by atoms with Crippen LogP contribution in [-0.2, 0) is 0 Å². The third-order valence-corrected chi connectivity index (χ3v) is 4.74. The zero-order chi connectivity index (χ0) is 18.6. The van der Waals surface area contributed by atoms with Crippen molar-refractivity contribution in [2.45, 2.75) is 130 Å². The van der Waals surface area contributed by atoms with Gasteiger partial charge in [-0.2, -0.15) is 0 Å². The number of amides is 2. The highest BCUT2D eigenvalue weighted by Crippen LogP contribution is 2.13. The molecule has 0 rings (SSSR count). The topological polar surface area (TPSA) is 41.1 Å². The second kappa shape index (κ2) is 19.6. The highest BCUT2D eigenvalue weighted by atomic mass is 16.2. The molecule has 0 aromatic carbocycles. The SMILES string of the molecule is CCCCCCCCCCCCCCCCCCNC(=O)NC(C)C. The largest absolute Gasteiger partial charge is 0.338 e. The van der Waals surface area contributed by atoms with Crippen molar-refractivity contribution in [1.82, 2.24) is 10.6 Å². The molecule has 0 unspecified atom stereocenters. The van der Waals surface area contributed by atoms with Crippen LogP contribution in [0.4, 0.5) is 4.79 Å². The summed E-state index contributed by atoms with van der Waals surface area (Å²) < 4.78 is 0. The van der Waals surface area contributed by atoms with Gasteiger partial charge in [-0.1, -0.05) is 103 Å². The van der Waals surface area contributed by atoms with Crippen molar-refractivity contribution in [3.05, 3.63) is 0 Å². The van der Waals surface area contributed by atoms with E-state index in [-0.39, 0.29) is 12.1 Å². The maximum atomic E-state index is 11.4. The second-order valence-electron chi connectivity index (χ2n) is 7.86. The van der Waals surface area contributed by atoms with E-state index in [0.717, 1.165) is 13.0 Å². The summed E-state index contributed by atoms with van der Waals surface area (Å²) in [4.78, 5) is 11.4. The van der Waals surface area contributed by atoms with E-state index < -0.39 is 0 Å². The van der Waals surface area contributed by atoms with Crippen LogP contribution in [0.5, 0.6) is 0 Å². The third kappa shape index (κ3) is 21.2. The van der Waals surface area contributed by atoms with Crippen LogP contribution in [0.3, 0.4) is 0 Å². The van der Waals surface area contributed by atoms with Gasteiger partial charge in [-0.3, -0.25) is 0 Å². The van der Waals surface area contributed by atoms with E-state index in [2.05, 4.69) is 17.6 Å². The van der Waals surface area contributed by atoms with Gasteiger partial charge < -0.3 is 10.6 Å². The van der Waals surface area contributed by atoms with E-state index in [1.807, 2.05) is 13.8 Å². The van der Waals surface area contributed by atoms with Gasteiger partial charge in [-0.25, -0.2) is 4.79 Å². The summed E-state index contributed by atoms with van der Waals surface area (Å²) in [6.45, 7) is 7.05. The maximum Gasteiger partial charge on any atom is 0.314 e. The van der Waals surface area contributed by atoms with Gasteiger partial charge in [0.2, 0.25) is 0 Å². The Balaban J connectivity index is 3.06. The number of unbranched alkanes of at least 4 members (excludes halogenated alkanes) is 15. The quantitative estimate of drug-likeness (QED) is 0.257. The summed E-state index contributed by atoms with van der Waals surface area (Å²) in [5.41, 5.74) is 0. The standard InChI is InChI=1S/C22H46N2O/c1-4-5-6-7-8-9-10-11-12-13-14-15-16-17-18-19-20-23-22(25)24-21(2)3/h21H,4-20H2,1-3H3,(H2,23,24,25). The molecule has 0 aromatic rings. The molecule has 0 aliphatic heterocycles. The van der Waals surface area contributed by atoms with Crippen LogP contribution in [0.2, 0.25) is 0 Å². The minimum atomic E-state index is -0.0315. The Morgan fingerprint density at radius 2 is 1.00 bits per heavy atom. The first-order valence-electron chi connectivity index (χ1n) is 11.2. The molecule has 0 atom stereocenters. The van der Waals surface area contributed by atoms with Crippen molar-refractivity contribution in [3.63, 3.8) is 0 Å². The van der Waals surface area contributed by atoms with E-state index in [4.69, 9.17) is 0 Å². The summed E-state index contributed by atoms with van der Waals surface area (Å²) in [6.07, 6.45) is 22.1. The molecule has 0 fully saturated rings. The van der Waals surface area contributed by atoms with Gasteiger partial charge in [0.15, 0.2) is 0 Å². The van der Waals surface area contributed by atoms with Crippen molar-refractivity contribution < 1.29 is 4.79 Å². The van der Waals surface area contributed by atoms with Gasteiger partial charge in [0.25, 0.3) is 0 Å². The molecule has 0 bridgehead atoms. The highest BCUT2D eigenvalue weighted by molar-refractivity contribution is 5.73. The fourth-order valence-corrected chi connectivity index (χ4v) is 3.19. The van der Waals surface area contributed by atoms with Crippen LogP contribution in [0.15, 0.2) is 0 Å². The molecule has 0 aliphatic carbocycles. The van der Waals surface area contributed by atoms with Crippen LogP contribution in [0.25, 0.3) is 0 Å². The smallest absolute Gasteiger partial charge is 0.314 e. The average molecular weight is 355 g/mol. The lowest BCUT2D eigenvalue weighted by molar-refractivity contribution is 0.238. The Bertz CT molecular complexity index is 279. The molecule has 25 heavy (non-hydrogen) atoms. The molecule has 0 spiro atoms. The van der Waals surface area contributed by atoms with Crippen LogP contribution in [-0.4, -0.2) is 18.6 Å². The van der Waals surface area contributed by atoms with Crippen LogP contribution in [0, 0.1) is 0 Å². The van der Waals surface area contributed by atoms with Crippen molar-refractivity contribution in [2.75, 3.05) is 6.54 Å². The summed E-state index contributed by atoms with van der Waals surface area (Å²) in [5.74, 6) is 0. The number of carbonyl (C=O) groups excluding carboxylic acids is 1. The molecule has 2 amide bonds. The van der Waals surface area contributed by atoms with Gasteiger partial charge in [0.1, 0.15) is 0 Å². The first-order valence-corrected chi connectivity index (χ1v) is 11.2. The minimum Gasteiger partial charge on any atom is -0.338 e. The molecule has 2 N–H and O–H groups in total. The first-order chi connectivity index (χ1) is 12.2. The zero-order valence-corrected chi connectivity index (χ0v) is 17.5. The summed E-state index contributed by atoms with van der Waals surface area (Å²) in [5, 5.41) is 5.76. The fourth-order valence-electron chi connectivity index (χ4n) is 3.19. The molecular formula is C22H46N2O. The molecule has 0 aliphatic rings. The molecule has 0 saturated heterocycles. The zero-order valence-electron chi connectivity index (χ0n) is 17.5. The molecule has 0 saturated carbocycles. The lowest BCUT2D eigenvalue weighted by atomic mass is 10.0. The van der Waals surface area contributed by atoms with Crippen LogP contribution >= 0.6 is 0 Å². The van der Waals surface area contributed by atoms with Crippen LogP contribution in [0.1, 0.15) is 124 Å². The monoisotopic (exact) mass is 354 g/mol. The summed E-state index contributed by atoms with van der Waals surface area (Å²) >= 11 is 0. The molecule has 0 aromatic heterocycles. The molecule has 0 radical (unpaired) electrons. The number of urea groups is 1. The third-order valence-electron chi connectivity index (χ3n) is 4.74. The van der Waals surface area contributed by atoms with E-state index in [9.17, 15) is 4.79 Å². The molecule has 0 heterocycles. The normalized spacial score (nSPS) is 11.0. The average Bonchev–Trinajstić information content (AvgIpc) is 2.57. The fraction of sp³-hybridized carbons (Fsp3) is 0.955. The number of nitrogens with one attached hydrogen (secondary N) is 2. The van der Waals surface area contributed by atoms with Gasteiger partial charge in [0.05, 0.1) is 0 Å². The summed E-state index contributed by atoms with van der Waals surface area (Å²) in [7, 11) is 0. The Labute approximate surface area is 158 Å². The summed E-state index contributed by atoms with van der Waals surface area (Å²) in [6, 6.07) is 0.182. The molecule has 3 nitrogen and oxygen atoms in total. The van der Waals surface area contributed by atoms with Crippen molar-refractivity contribution in [1.29, 1.82) is 0 Å². The highest BCUT2D eigenvalue weighted by Gasteiger charge is 2.00. The first kappa shape index (κ1) is 24.3. The van der Waals surface area contributed by atoms with Gasteiger partial charge >= 0.3 is 6.03 Å². The van der Waals surface area contributed by atoms with E-state index >= 15 is 0 Å². The molecule has 150 valence electrons. The Hall–Kier alpha value is -0.730. The van der Waals surface area contributed by atoms with Gasteiger partial charge in [0, 0.05) is 12.6 Å². The minimum absolute atomic E-state index is 0.0315. The lowest BCUT2D eigenvalue weighted by Gasteiger charge is -2.09. The maximum absolute atomic E-state index is 11.4. The predicted octanol–water partition coefficient (Wildman–Crippen LogP) is 6.96. The Morgan fingerprint density at radius 1 is 0.640 bits per heavy atom. The van der Waals surface area contributed by atoms with Crippen LogP contribution < -0.4 is 10.6 Å².